The van der Waals surface area contributed by atoms with Crippen LogP contribution >= 0.6 is 46.6 Å². The van der Waals surface area contributed by atoms with Gasteiger partial charge in [0.05, 0.1) is 20.8 Å². The highest BCUT2D eigenvalue weighted by molar-refractivity contribution is 7.99. The normalized spacial score (nSPS) is 10.5. The van der Waals surface area contributed by atoms with E-state index in [2.05, 4.69) is 4.98 Å². The summed E-state index contributed by atoms with van der Waals surface area (Å²) < 4.78 is 0. The SMILES string of the molecule is O=C(CSc1ccc(Cl)cn1)c1ccc(Cl)cc1Cl. The molecule has 0 spiro atoms. The Balaban J connectivity index is 2.03. The Morgan fingerprint density at radius 1 is 1.11 bits per heavy atom. The van der Waals surface area contributed by atoms with Crippen molar-refractivity contribution in [2.75, 3.05) is 5.75 Å². The summed E-state index contributed by atoms with van der Waals surface area (Å²) in [4.78, 5) is 16.1. The minimum atomic E-state index is -0.0663. The topological polar surface area (TPSA) is 30.0 Å². The molecule has 0 aliphatic carbocycles. The fourth-order valence-corrected chi connectivity index (χ4v) is 2.73. The molecule has 6 heteroatoms. The van der Waals surface area contributed by atoms with E-state index < -0.39 is 0 Å². The van der Waals surface area contributed by atoms with Crippen molar-refractivity contribution in [1.29, 1.82) is 0 Å². The van der Waals surface area contributed by atoms with Gasteiger partial charge in [0.25, 0.3) is 0 Å². The molecule has 0 fully saturated rings. The van der Waals surface area contributed by atoms with Crippen LogP contribution < -0.4 is 0 Å². The summed E-state index contributed by atoms with van der Waals surface area (Å²) in [5.74, 6) is 0.194. The quantitative estimate of drug-likeness (QED) is 0.582. The number of hydrogen-bond donors (Lipinski definition) is 0. The summed E-state index contributed by atoms with van der Waals surface area (Å²) in [6.07, 6.45) is 1.55. The fourth-order valence-electron chi connectivity index (χ4n) is 1.38. The largest absolute Gasteiger partial charge is 0.293 e. The van der Waals surface area contributed by atoms with Crippen molar-refractivity contribution in [2.45, 2.75) is 5.03 Å². The molecule has 19 heavy (non-hydrogen) atoms. The van der Waals surface area contributed by atoms with E-state index in [1.807, 2.05) is 0 Å². The average molecular weight is 333 g/mol. The number of carbonyl (C=O) groups excluding carboxylic acids is 1. The molecule has 1 aromatic carbocycles. The van der Waals surface area contributed by atoms with Crippen molar-refractivity contribution < 1.29 is 4.79 Å². The first-order valence-corrected chi connectivity index (χ1v) is 7.41. The lowest BCUT2D eigenvalue weighted by atomic mass is 10.1. The van der Waals surface area contributed by atoms with Gasteiger partial charge in [-0.1, -0.05) is 46.6 Å². The van der Waals surface area contributed by atoms with E-state index >= 15 is 0 Å². The highest BCUT2D eigenvalue weighted by Gasteiger charge is 2.11. The predicted octanol–water partition coefficient (Wildman–Crippen LogP) is 5.02. The van der Waals surface area contributed by atoms with Crippen LogP contribution in [0.25, 0.3) is 0 Å². The van der Waals surface area contributed by atoms with E-state index in [1.165, 1.54) is 11.8 Å². The zero-order valence-corrected chi connectivity index (χ0v) is 12.7. The first kappa shape index (κ1) is 14.7. The minimum absolute atomic E-state index is 0.0663. The van der Waals surface area contributed by atoms with E-state index in [4.69, 9.17) is 34.8 Å². The molecule has 0 bridgehead atoms. The van der Waals surface area contributed by atoms with Gasteiger partial charge in [0.15, 0.2) is 5.78 Å². The summed E-state index contributed by atoms with van der Waals surface area (Å²) in [5, 5.41) is 2.18. The molecule has 1 aromatic heterocycles. The van der Waals surface area contributed by atoms with Crippen LogP contribution in [0.2, 0.25) is 15.1 Å². The zero-order chi connectivity index (χ0) is 13.8. The summed E-state index contributed by atoms with van der Waals surface area (Å²) in [7, 11) is 0. The van der Waals surface area contributed by atoms with Crippen molar-refractivity contribution >= 4 is 52.3 Å². The van der Waals surface area contributed by atoms with E-state index in [-0.39, 0.29) is 11.5 Å². The molecular formula is C13H8Cl3NOS. The van der Waals surface area contributed by atoms with Gasteiger partial charge in [-0.05, 0) is 30.3 Å². The number of rotatable bonds is 4. The van der Waals surface area contributed by atoms with Crippen molar-refractivity contribution in [3.63, 3.8) is 0 Å². The maximum absolute atomic E-state index is 12.0. The molecule has 0 aliphatic rings. The molecular weight excluding hydrogens is 325 g/mol. The summed E-state index contributed by atoms with van der Waals surface area (Å²) in [6.45, 7) is 0. The standard InChI is InChI=1S/C13H8Cl3NOS/c14-8-1-3-10(11(16)5-8)12(18)7-19-13-4-2-9(15)6-17-13/h1-6H,7H2. The second kappa shape index (κ2) is 6.62. The van der Waals surface area contributed by atoms with Gasteiger partial charge in [-0.15, -0.1) is 0 Å². The molecule has 0 saturated heterocycles. The number of benzene rings is 1. The molecule has 0 aliphatic heterocycles. The third-order valence-electron chi connectivity index (χ3n) is 2.28. The molecule has 1 heterocycles. The van der Waals surface area contributed by atoms with E-state index in [9.17, 15) is 4.79 Å². The van der Waals surface area contributed by atoms with Crippen LogP contribution in [-0.2, 0) is 0 Å². The first-order chi connectivity index (χ1) is 9.06. The van der Waals surface area contributed by atoms with Crippen LogP contribution in [0.4, 0.5) is 0 Å². The van der Waals surface area contributed by atoms with Gasteiger partial charge in [-0.3, -0.25) is 4.79 Å². The molecule has 0 radical (unpaired) electrons. The molecule has 0 amide bonds. The van der Waals surface area contributed by atoms with Gasteiger partial charge >= 0.3 is 0 Å². The number of ketones is 1. The lowest BCUT2D eigenvalue weighted by Gasteiger charge is -2.04. The monoisotopic (exact) mass is 331 g/mol. The number of aromatic nitrogens is 1. The number of hydrogen-bond acceptors (Lipinski definition) is 3. The summed E-state index contributed by atoms with van der Waals surface area (Å²) in [6, 6.07) is 8.33. The predicted molar refractivity (Wildman–Crippen MR) is 80.8 cm³/mol. The zero-order valence-electron chi connectivity index (χ0n) is 9.57. The van der Waals surface area contributed by atoms with Crippen molar-refractivity contribution in [3.8, 4) is 0 Å². The summed E-state index contributed by atoms with van der Waals surface area (Å²) in [5.41, 5.74) is 0.465. The highest BCUT2D eigenvalue weighted by Crippen LogP contribution is 2.24. The maximum atomic E-state index is 12.0. The number of halogens is 3. The lowest BCUT2D eigenvalue weighted by Crippen LogP contribution is -2.03. The van der Waals surface area contributed by atoms with E-state index in [0.717, 1.165) is 5.03 Å². The number of Topliss-reactive ketones (excluding diaryl/α,β-unsaturated/α-hetero) is 1. The van der Waals surface area contributed by atoms with E-state index in [0.29, 0.717) is 20.6 Å². The Morgan fingerprint density at radius 3 is 2.47 bits per heavy atom. The molecule has 98 valence electrons. The van der Waals surface area contributed by atoms with Crippen LogP contribution in [0.15, 0.2) is 41.6 Å². The average Bonchev–Trinajstić information content (AvgIpc) is 2.37. The van der Waals surface area contributed by atoms with Gasteiger partial charge in [0.1, 0.15) is 0 Å². The van der Waals surface area contributed by atoms with Crippen LogP contribution in [0.1, 0.15) is 10.4 Å². The molecule has 2 aromatic rings. The summed E-state index contributed by atoms with van der Waals surface area (Å²) >= 11 is 18.8. The molecule has 0 N–H and O–H groups in total. The van der Waals surface area contributed by atoms with Gasteiger partial charge in [-0.2, -0.15) is 0 Å². The maximum Gasteiger partial charge on any atom is 0.174 e. The number of carbonyl (C=O) groups is 1. The number of pyridine rings is 1. The molecule has 0 unspecified atom stereocenters. The Bertz CT molecular complexity index is 601. The highest BCUT2D eigenvalue weighted by atomic mass is 35.5. The molecule has 2 nitrogen and oxygen atoms in total. The minimum Gasteiger partial charge on any atom is -0.293 e. The van der Waals surface area contributed by atoms with Crippen LogP contribution in [0, 0.1) is 0 Å². The van der Waals surface area contributed by atoms with Crippen molar-refractivity contribution in [3.05, 3.63) is 57.2 Å². The van der Waals surface area contributed by atoms with Gasteiger partial charge in [-0.25, -0.2) is 4.98 Å². The van der Waals surface area contributed by atoms with Crippen LogP contribution in [-0.4, -0.2) is 16.5 Å². The van der Waals surface area contributed by atoms with Gasteiger partial charge < -0.3 is 0 Å². The molecule has 0 atom stereocenters. The smallest absolute Gasteiger partial charge is 0.174 e. The molecule has 2 rings (SSSR count). The lowest BCUT2D eigenvalue weighted by molar-refractivity contribution is 0.102. The van der Waals surface area contributed by atoms with Crippen LogP contribution in [0.5, 0.6) is 0 Å². The Morgan fingerprint density at radius 2 is 1.84 bits per heavy atom. The fraction of sp³-hybridized carbons (Fsp3) is 0.0769. The second-order valence-corrected chi connectivity index (χ2v) is 5.93. The molecule has 0 saturated carbocycles. The third kappa shape index (κ3) is 4.11. The van der Waals surface area contributed by atoms with Gasteiger partial charge in [0, 0.05) is 16.8 Å². The Hall–Kier alpha value is -0.740. The Labute approximate surface area is 130 Å². The number of nitrogens with zero attached hydrogens (tertiary/aromatic N) is 1. The first-order valence-electron chi connectivity index (χ1n) is 5.29. The Kier molecular flexibility index (Phi) is 5.11. The number of thioether (sulfide) groups is 1. The van der Waals surface area contributed by atoms with Crippen LogP contribution in [0.3, 0.4) is 0 Å². The second-order valence-electron chi connectivity index (χ2n) is 3.65. The van der Waals surface area contributed by atoms with Crippen molar-refractivity contribution in [2.24, 2.45) is 0 Å². The van der Waals surface area contributed by atoms with E-state index in [1.54, 1.807) is 36.5 Å². The van der Waals surface area contributed by atoms with Gasteiger partial charge in [0.2, 0.25) is 0 Å². The third-order valence-corrected chi connectivity index (χ3v) is 4.00. The van der Waals surface area contributed by atoms with Crippen molar-refractivity contribution in [1.82, 2.24) is 4.98 Å².